The van der Waals surface area contributed by atoms with Crippen molar-refractivity contribution in [2.45, 2.75) is 26.7 Å². The number of unbranched alkanes of at least 4 members (excludes halogenated alkanes) is 1. The Hall–Kier alpha value is -3.02. The number of carbonyl (C=O) groups excluding carboxylic acids is 1. The summed E-state index contributed by atoms with van der Waals surface area (Å²) in [6, 6.07) is 12.4. The maximum atomic E-state index is 12.1. The zero-order valence-electron chi connectivity index (χ0n) is 16.0. The number of ether oxygens (including phenoxy) is 3. The third-order valence-electron chi connectivity index (χ3n) is 3.73. The van der Waals surface area contributed by atoms with Gasteiger partial charge < -0.3 is 14.2 Å². The van der Waals surface area contributed by atoms with E-state index < -0.39 is 0 Å². The number of amides is 1. The van der Waals surface area contributed by atoms with E-state index in [1.54, 1.807) is 37.6 Å². The predicted molar refractivity (Wildman–Crippen MR) is 106 cm³/mol. The summed E-state index contributed by atoms with van der Waals surface area (Å²) in [6.07, 6.45) is 3.63. The molecule has 0 saturated carbocycles. The third-order valence-corrected chi connectivity index (χ3v) is 3.73. The van der Waals surface area contributed by atoms with Gasteiger partial charge in [-0.15, -0.1) is 0 Å². The number of methoxy groups -OCH3 is 1. The SMILES string of the molecule is CCCCOc1ccc(/C=N/NC(=O)c2cccc(OC)c2)cc1OCC. The second-order valence-corrected chi connectivity index (χ2v) is 5.77. The molecule has 2 aromatic rings. The molecule has 144 valence electrons. The molecule has 0 heterocycles. The van der Waals surface area contributed by atoms with Gasteiger partial charge in [-0.2, -0.15) is 5.10 Å². The molecular weight excluding hydrogens is 344 g/mol. The average Bonchev–Trinajstić information content (AvgIpc) is 2.70. The molecule has 0 unspecified atom stereocenters. The van der Waals surface area contributed by atoms with Crippen LogP contribution in [0.25, 0.3) is 0 Å². The molecule has 6 heteroatoms. The number of nitrogens with zero attached hydrogens (tertiary/aromatic N) is 1. The number of hydrogen-bond acceptors (Lipinski definition) is 5. The van der Waals surface area contributed by atoms with Gasteiger partial charge in [0.15, 0.2) is 11.5 Å². The lowest BCUT2D eigenvalue weighted by atomic mass is 10.2. The van der Waals surface area contributed by atoms with Crippen molar-refractivity contribution in [3.63, 3.8) is 0 Å². The van der Waals surface area contributed by atoms with Crippen molar-refractivity contribution >= 4 is 12.1 Å². The number of rotatable bonds is 10. The molecule has 2 rings (SSSR count). The molecule has 0 fully saturated rings. The first-order valence-corrected chi connectivity index (χ1v) is 9.05. The van der Waals surface area contributed by atoms with Crippen molar-refractivity contribution in [1.29, 1.82) is 0 Å². The van der Waals surface area contributed by atoms with E-state index in [0.29, 0.717) is 36.0 Å². The van der Waals surface area contributed by atoms with Gasteiger partial charge in [0.1, 0.15) is 5.75 Å². The van der Waals surface area contributed by atoms with Crippen molar-refractivity contribution in [2.75, 3.05) is 20.3 Å². The minimum Gasteiger partial charge on any atom is -0.497 e. The molecule has 0 atom stereocenters. The molecule has 0 aromatic heterocycles. The molecule has 0 radical (unpaired) electrons. The fraction of sp³-hybridized carbons (Fsp3) is 0.333. The molecule has 6 nitrogen and oxygen atoms in total. The van der Waals surface area contributed by atoms with Crippen LogP contribution < -0.4 is 19.6 Å². The van der Waals surface area contributed by atoms with Crippen LogP contribution in [0.5, 0.6) is 17.2 Å². The van der Waals surface area contributed by atoms with E-state index in [0.717, 1.165) is 18.4 Å². The first kappa shape index (κ1) is 20.3. The summed E-state index contributed by atoms with van der Waals surface area (Å²) in [7, 11) is 1.56. The van der Waals surface area contributed by atoms with E-state index in [4.69, 9.17) is 14.2 Å². The number of benzene rings is 2. The first-order valence-electron chi connectivity index (χ1n) is 9.05. The van der Waals surface area contributed by atoms with Crippen molar-refractivity contribution in [1.82, 2.24) is 5.43 Å². The second kappa shape index (κ2) is 10.9. The highest BCUT2D eigenvalue weighted by atomic mass is 16.5. The number of hydrazone groups is 1. The van der Waals surface area contributed by atoms with Crippen molar-refractivity contribution < 1.29 is 19.0 Å². The smallest absolute Gasteiger partial charge is 0.271 e. The summed E-state index contributed by atoms with van der Waals surface area (Å²) < 4.78 is 16.5. The van der Waals surface area contributed by atoms with Gasteiger partial charge in [-0.3, -0.25) is 4.79 Å². The molecule has 0 aliphatic carbocycles. The summed E-state index contributed by atoms with van der Waals surface area (Å²) in [5.74, 6) is 1.68. The fourth-order valence-electron chi connectivity index (χ4n) is 2.31. The normalized spacial score (nSPS) is 10.6. The number of nitrogens with one attached hydrogen (secondary N) is 1. The highest BCUT2D eigenvalue weighted by Gasteiger charge is 2.07. The van der Waals surface area contributed by atoms with Crippen LogP contribution >= 0.6 is 0 Å². The van der Waals surface area contributed by atoms with Gasteiger partial charge in [0, 0.05) is 5.56 Å². The van der Waals surface area contributed by atoms with E-state index in [1.807, 2.05) is 25.1 Å². The van der Waals surface area contributed by atoms with E-state index in [-0.39, 0.29) is 5.91 Å². The van der Waals surface area contributed by atoms with Crippen LogP contribution in [-0.4, -0.2) is 32.4 Å². The Morgan fingerprint density at radius 2 is 1.96 bits per heavy atom. The zero-order chi connectivity index (χ0) is 19.5. The molecule has 1 N–H and O–H groups in total. The fourth-order valence-corrected chi connectivity index (χ4v) is 2.31. The third kappa shape index (κ3) is 6.33. The lowest BCUT2D eigenvalue weighted by molar-refractivity contribution is 0.0955. The molecule has 0 spiro atoms. The second-order valence-electron chi connectivity index (χ2n) is 5.77. The Balaban J connectivity index is 2.02. The Bertz CT molecular complexity index is 775. The summed E-state index contributed by atoms with van der Waals surface area (Å²) in [5, 5.41) is 4.02. The van der Waals surface area contributed by atoms with Crippen LogP contribution in [0.1, 0.15) is 42.6 Å². The summed E-state index contributed by atoms with van der Waals surface area (Å²) in [4.78, 5) is 12.1. The molecule has 0 bridgehead atoms. The van der Waals surface area contributed by atoms with Gasteiger partial charge in [0.05, 0.1) is 26.5 Å². The van der Waals surface area contributed by atoms with E-state index in [2.05, 4.69) is 17.5 Å². The van der Waals surface area contributed by atoms with Crippen molar-refractivity contribution in [3.05, 3.63) is 53.6 Å². The maximum Gasteiger partial charge on any atom is 0.271 e. The molecule has 27 heavy (non-hydrogen) atoms. The van der Waals surface area contributed by atoms with E-state index in [9.17, 15) is 4.79 Å². The molecule has 0 aliphatic rings. The van der Waals surface area contributed by atoms with Crippen LogP contribution in [0.3, 0.4) is 0 Å². The minimum absolute atomic E-state index is 0.310. The Morgan fingerprint density at radius 1 is 1.11 bits per heavy atom. The van der Waals surface area contributed by atoms with Crippen LogP contribution in [0, 0.1) is 0 Å². The van der Waals surface area contributed by atoms with Gasteiger partial charge >= 0.3 is 0 Å². The average molecular weight is 370 g/mol. The zero-order valence-corrected chi connectivity index (χ0v) is 16.0. The van der Waals surface area contributed by atoms with Crippen LogP contribution in [0.2, 0.25) is 0 Å². The van der Waals surface area contributed by atoms with Gasteiger partial charge in [-0.25, -0.2) is 5.43 Å². The highest BCUT2D eigenvalue weighted by Crippen LogP contribution is 2.28. The van der Waals surface area contributed by atoms with Gasteiger partial charge in [0.2, 0.25) is 0 Å². The molecule has 0 saturated heterocycles. The summed E-state index contributed by atoms with van der Waals surface area (Å²) in [6.45, 7) is 5.23. The van der Waals surface area contributed by atoms with Crippen LogP contribution in [-0.2, 0) is 0 Å². The predicted octanol–water partition coefficient (Wildman–Crippen LogP) is 4.04. The standard InChI is InChI=1S/C21H26N2O4/c1-4-6-12-27-19-11-10-16(13-20(19)26-5-2)15-22-23-21(24)17-8-7-9-18(14-17)25-3/h7-11,13-15H,4-6,12H2,1-3H3,(H,23,24)/b22-15+. The van der Waals surface area contributed by atoms with Crippen LogP contribution in [0.4, 0.5) is 0 Å². The topological polar surface area (TPSA) is 69.2 Å². The highest BCUT2D eigenvalue weighted by molar-refractivity contribution is 5.95. The van der Waals surface area contributed by atoms with Crippen molar-refractivity contribution in [3.8, 4) is 17.2 Å². The van der Waals surface area contributed by atoms with E-state index >= 15 is 0 Å². The maximum absolute atomic E-state index is 12.1. The number of hydrogen-bond donors (Lipinski definition) is 1. The van der Waals surface area contributed by atoms with E-state index in [1.165, 1.54) is 0 Å². The molecular formula is C21H26N2O4. The minimum atomic E-state index is -0.310. The first-order chi connectivity index (χ1) is 13.2. The lowest BCUT2D eigenvalue weighted by Crippen LogP contribution is -2.17. The number of carbonyl (C=O) groups is 1. The monoisotopic (exact) mass is 370 g/mol. The Labute approximate surface area is 160 Å². The molecule has 0 aliphatic heterocycles. The largest absolute Gasteiger partial charge is 0.497 e. The summed E-state index contributed by atoms with van der Waals surface area (Å²) >= 11 is 0. The van der Waals surface area contributed by atoms with Crippen LogP contribution in [0.15, 0.2) is 47.6 Å². The van der Waals surface area contributed by atoms with Gasteiger partial charge in [0.25, 0.3) is 5.91 Å². The molecule has 1 amide bonds. The quantitative estimate of drug-likeness (QED) is 0.389. The van der Waals surface area contributed by atoms with Gasteiger partial charge in [-0.05, 0) is 55.3 Å². The van der Waals surface area contributed by atoms with Crippen molar-refractivity contribution in [2.24, 2.45) is 5.10 Å². The molecule has 2 aromatic carbocycles. The lowest BCUT2D eigenvalue weighted by Gasteiger charge is -2.12. The van der Waals surface area contributed by atoms with Gasteiger partial charge in [-0.1, -0.05) is 19.4 Å². The summed E-state index contributed by atoms with van der Waals surface area (Å²) in [5.41, 5.74) is 3.78. The Morgan fingerprint density at radius 3 is 2.70 bits per heavy atom. The Kier molecular flexibility index (Phi) is 8.16.